The summed E-state index contributed by atoms with van der Waals surface area (Å²) in [5, 5.41) is 19.6. The number of rotatable bonds is 7. The lowest BCUT2D eigenvalue weighted by atomic mass is 10.2. The average Bonchev–Trinajstić information content (AvgIpc) is 2.38. The lowest BCUT2D eigenvalue weighted by Crippen LogP contribution is -2.44. The summed E-state index contributed by atoms with van der Waals surface area (Å²) in [4.78, 5) is 22.0. The standard InChI is InChI=1S/C12H14FNO4S/c13-9-3-1-8(2-4-9)6-19-7-11(16)14-10(5-15)12(17)18/h1-4,10,15H,5-7H2,(H,14,16)(H,17,18)/t10-/m0/s1. The van der Waals surface area contributed by atoms with Gasteiger partial charge in [0.15, 0.2) is 0 Å². The average molecular weight is 287 g/mol. The summed E-state index contributed by atoms with van der Waals surface area (Å²) in [6.45, 7) is -0.649. The summed E-state index contributed by atoms with van der Waals surface area (Å²) in [5.41, 5.74) is 0.871. The SMILES string of the molecule is O=C(CSCc1ccc(F)cc1)N[C@@H](CO)C(=O)O. The highest BCUT2D eigenvalue weighted by atomic mass is 32.2. The first-order valence-corrected chi connectivity index (χ1v) is 6.63. The molecule has 0 aliphatic heterocycles. The van der Waals surface area contributed by atoms with E-state index in [2.05, 4.69) is 5.32 Å². The Morgan fingerprint density at radius 3 is 2.47 bits per heavy atom. The van der Waals surface area contributed by atoms with E-state index in [1.54, 1.807) is 12.1 Å². The van der Waals surface area contributed by atoms with Gasteiger partial charge in [0.25, 0.3) is 0 Å². The van der Waals surface area contributed by atoms with E-state index < -0.39 is 24.5 Å². The summed E-state index contributed by atoms with van der Waals surface area (Å²) in [7, 11) is 0. The van der Waals surface area contributed by atoms with Gasteiger partial charge in [-0.25, -0.2) is 9.18 Å². The Kier molecular flexibility index (Phi) is 6.31. The van der Waals surface area contributed by atoms with Crippen LogP contribution in [0.4, 0.5) is 4.39 Å². The van der Waals surface area contributed by atoms with Crippen molar-refractivity contribution in [3.8, 4) is 0 Å². The number of aliphatic carboxylic acids is 1. The quantitative estimate of drug-likeness (QED) is 0.684. The van der Waals surface area contributed by atoms with E-state index in [9.17, 15) is 14.0 Å². The third-order valence-corrected chi connectivity index (χ3v) is 3.23. The van der Waals surface area contributed by atoms with Crippen LogP contribution in [0.1, 0.15) is 5.56 Å². The monoisotopic (exact) mass is 287 g/mol. The van der Waals surface area contributed by atoms with Gasteiger partial charge in [-0.15, -0.1) is 11.8 Å². The van der Waals surface area contributed by atoms with Gasteiger partial charge >= 0.3 is 5.97 Å². The summed E-state index contributed by atoms with van der Waals surface area (Å²) in [6.07, 6.45) is 0. The largest absolute Gasteiger partial charge is 0.480 e. The summed E-state index contributed by atoms with van der Waals surface area (Å²) >= 11 is 1.28. The van der Waals surface area contributed by atoms with Crippen LogP contribution in [0.5, 0.6) is 0 Å². The molecular formula is C12H14FNO4S. The van der Waals surface area contributed by atoms with E-state index >= 15 is 0 Å². The van der Waals surface area contributed by atoms with E-state index in [1.165, 1.54) is 23.9 Å². The minimum atomic E-state index is -1.28. The third-order valence-electron chi connectivity index (χ3n) is 2.23. The first-order chi connectivity index (χ1) is 9.02. The second-order valence-corrected chi connectivity index (χ2v) is 4.75. The molecule has 0 unspecified atom stereocenters. The molecule has 0 heterocycles. The smallest absolute Gasteiger partial charge is 0.328 e. The molecule has 0 aliphatic carbocycles. The Balaban J connectivity index is 2.30. The molecular weight excluding hydrogens is 273 g/mol. The van der Waals surface area contributed by atoms with Gasteiger partial charge < -0.3 is 15.5 Å². The Morgan fingerprint density at radius 1 is 1.32 bits per heavy atom. The van der Waals surface area contributed by atoms with E-state index in [0.29, 0.717) is 5.75 Å². The molecule has 1 atom stereocenters. The lowest BCUT2D eigenvalue weighted by molar-refractivity contribution is -0.142. The number of halogens is 1. The summed E-state index contributed by atoms with van der Waals surface area (Å²) in [6, 6.07) is 4.63. The number of carboxylic acids is 1. The highest BCUT2D eigenvalue weighted by Gasteiger charge is 2.18. The van der Waals surface area contributed by atoms with Crippen LogP contribution in [-0.4, -0.2) is 40.5 Å². The number of thioether (sulfide) groups is 1. The Morgan fingerprint density at radius 2 is 1.95 bits per heavy atom. The fourth-order valence-corrected chi connectivity index (χ4v) is 2.06. The predicted octanol–water partition coefficient (Wildman–Crippen LogP) is 0.621. The van der Waals surface area contributed by atoms with Crippen molar-refractivity contribution in [2.75, 3.05) is 12.4 Å². The molecule has 0 fully saturated rings. The van der Waals surface area contributed by atoms with Gasteiger partial charge in [-0.2, -0.15) is 0 Å². The van der Waals surface area contributed by atoms with Crippen molar-refractivity contribution in [3.63, 3.8) is 0 Å². The zero-order valence-corrected chi connectivity index (χ0v) is 10.8. The molecule has 0 aromatic heterocycles. The number of carbonyl (C=O) groups is 2. The minimum Gasteiger partial charge on any atom is -0.480 e. The third kappa shape index (κ3) is 5.71. The first kappa shape index (κ1) is 15.5. The Bertz CT molecular complexity index is 438. The van der Waals surface area contributed by atoms with Crippen LogP contribution in [0.2, 0.25) is 0 Å². The van der Waals surface area contributed by atoms with Gasteiger partial charge in [0, 0.05) is 5.75 Å². The van der Waals surface area contributed by atoms with Crippen LogP contribution in [0, 0.1) is 5.82 Å². The number of nitrogens with one attached hydrogen (secondary N) is 1. The molecule has 0 saturated heterocycles. The molecule has 104 valence electrons. The molecule has 0 saturated carbocycles. The molecule has 5 nitrogen and oxygen atoms in total. The molecule has 7 heteroatoms. The Hall–Kier alpha value is -1.60. The van der Waals surface area contributed by atoms with Crippen molar-refractivity contribution >= 4 is 23.6 Å². The maximum Gasteiger partial charge on any atom is 0.328 e. The van der Waals surface area contributed by atoms with E-state index in [0.717, 1.165) is 5.56 Å². The van der Waals surface area contributed by atoms with Gasteiger partial charge in [-0.05, 0) is 17.7 Å². The number of carboxylic acid groups (broad SMARTS) is 1. The lowest BCUT2D eigenvalue weighted by Gasteiger charge is -2.11. The van der Waals surface area contributed by atoms with Crippen LogP contribution in [0.15, 0.2) is 24.3 Å². The maximum absolute atomic E-state index is 12.6. The predicted molar refractivity (Wildman–Crippen MR) is 69.2 cm³/mol. The van der Waals surface area contributed by atoms with Gasteiger partial charge in [0.05, 0.1) is 12.4 Å². The fraction of sp³-hybridized carbons (Fsp3) is 0.333. The zero-order chi connectivity index (χ0) is 14.3. The Labute approximate surface area is 113 Å². The number of amides is 1. The maximum atomic E-state index is 12.6. The molecule has 3 N–H and O–H groups in total. The van der Waals surface area contributed by atoms with Crippen molar-refractivity contribution < 1.29 is 24.2 Å². The van der Waals surface area contributed by atoms with E-state index in [1.807, 2.05) is 0 Å². The van der Waals surface area contributed by atoms with Crippen molar-refractivity contribution in [2.45, 2.75) is 11.8 Å². The van der Waals surface area contributed by atoms with Crippen LogP contribution in [0.25, 0.3) is 0 Å². The van der Waals surface area contributed by atoms with Gasteiger partial charge in [0.2, 0.25) is 5.91 Å². The molecule has 1 aromatic rings. The van der Waals surface area contributed by atoms with Crippen LogP contribution >= 0.6 is 11.8 Å². The van der Waals surface area contributed by atoms with Crippen LogP contribution < -0.4 is 5.32 Å². The number of aliphatic hydroxyl groups is 1. The number of hydrogen-bond donors (Lipinski definition) is 3. The van der Waals surface area contributed by atoms with E-state index in [-0.39, 0.29) is 11.6 Å². The molecule has 0 bridgehead atoms. The molecule has 19 heavy (non-hydrogen) atoms. The fourth-order valence-electron chi connectivity index (χ4n) is 1.26. The van der Waals surface area contributed by atoms with Gasteiger partial charge in [-0.3, -0.25) is 4.79 Å². The molecule has 1 rings (SSSR count). The number of carbonyl (C=O) groups excluding carboxylic acids is 1. The van der Waals surface area contributed by atoms with Crippen molar-refractivity contribution in [3.05, 3.63) is 35.6 Å². The highest BCUT2D eigenvalue weighted by Crippen LogP contribution is 2.12. The van der Waals surface area contributed by atoms with Crippen LogP contribution in [0.3, 0.4) is 0 Å². The van der Waals surface area contributed by atoms with Gasteiger partial charge in [-0.1, -0.05) is 12.1 Å². The first-order valence-electron chi connectivity index (χ1n) is 5.48. The topological polar surface area (TPSA) is 86.6 Å². The normalized spacial score (nSPS) is 11.9. The number of hydrogen-bond acceptors (Lipinski definition) is 4. The molecule has 0 radical (unpaired) electrons. The molecule has 1 aromatic carbocycles. The van der Waals surface area contributed by atoms with Crippen molar-refractivity contribution in [1.82, 2.24) is 5.32 Å². The van der Waals surface area contributed by atoms with Gasteiger partial charge in [0.1, 0.15) is 11.9 Å². The molecule has 0 aliphatic rings. The molecule has 0 spiro atoms. The number of benzene rings is 1. The van der Waals surface area contributed by atoms with Crippen LogP contribution in [-0.2, 0) is 15.3 Å². The highest BCUT2D eigenvalue weighted by molar-refractivity contribution is 7.99. The second-order valence-electron chi connectivity index (χ2n) is 3.76. The molecule has 1 amide bonds. The summed E-state index contributed by atoms with van der Waals surface area (Å²) in [5.74, 6) is -1.47. The van der Waals surface area contributed by atoms with Crippen molar-refractivity contribution in [1.29, 1.82) is 0 Å². The minimum absolute atomic E-state index is 0.0706. The van der Waals surface area contributed by atoms with E-state index in [4.69, 9.17) is 10.2 Å². The summed E-state index contributed by atoms with van der Waals surface area (Å²) < 4.78 is 12.6. The second kappa shape index (κ2) is 7.75. The zero-order valence-electron chi connectivity index (χ0n) is 10.0. The number of aliphatic hydroxyl groups excluding tert-OH is 1. The van der Waals surface area contributed by atoms with Crippen molar-refractivity contribution in [2.24, 2.45) is 0 Å².